The van der Waals surface area contributed by atoms with Crippen LogP contribution in [-0.2, 0) is 4.79 Å². The van der Waals surface area contributed by atoms with Gasteiger partial charge in [0, 0.05) is 6.54 Å². The van der Waals surface area contributed by atoms with Gasteiger partial charge in [0.25, 0.3) is 0 Å². The summed E-state index contributed by atoms with van der Waals surface area (Å²) in [6.45, 7) is 1.49. The summed E-state index contributed by atoms with van der Waals surface area (Å²) in [5.41, 5.74) is 0. The fraction of sp³-hybridized carbons (Fsp3) is 0.800. The molecule has 0 fully saturated rings. The van der Waals surface area contributed by atoms with E-state index in [9.17, 15) is 4.79 Å². The van der Waals surface area contributed by atoms with Crippen molar-refractivity contribution in [1.82, 2.24) is 5.06 Å². The van der Waals surface area contributed by atoms with Crippen LogP contribution in [0.1, 0.15) is 8.35 Å². The van der Waals surface area contributed by atoms with Gasteiger partial charge in [-0.05, 0) is 0 Å². The molecule has 0 aromatic carbocycles. The number of nitrogens with zero attached hydrogens (tertiary/aromatic N) is 1. The second-order valence-electron chi connectivity index (χ2n) is 1.95. The zero-order chi connectivity index (χ0) is 9.02. The Balaban J connectivity index is -0.000000500. The quantitative estimate of drug-likeness (QED) is 0.202. The van der Waals surface area contributed by atoms with Crippen LogP contribution in [0.3, 0.4) is 0 Å². The van der Waals surface area contributed by atoms with Crippen LogP contribution in [-0.4, -0.2) is 50.4 Å². The summed E-state index contributed by atoms with van der Waals surface area (Å²) in [4.78, 5) is 10.2. The topological polar surface area (TPSA) is 101 Å². The third kappa shape index (κ3) is 4.36. The Bertz CT molecular complexity index is 147. The summed E-state index contributed by atoms with van der Waals surface area (Å²) >= 11 is 0. The number of hydroxylamine groups is 2. The van der Waals surface area contributed by atoms with Crippen molar-refractivity contribution < 1.29 is 56.3 Å². The minimum atomic E-state index is -2.09. The molecule has 0 radical (unpaired) electrons. The monoisotopic (exact) mass is 189 g/mol. The van der Waals surface area contributed by atoms with Crippen molar-refractivity contribution >= 4 is 5.97 Å². The molecule has 0 aliphatic carbocycles. The fourth-order valence-corrected chi connectivity index (χ4v) is 0.606. The smallest absolute Gasteiger partial charge is 1.00 e. The van der Waals surface area contributed by atoms with Crippen molar-refractivity contribution in [3.8, 4) is 0 Å². The van der Waals surface area contributed by atoms with Crippen LogP contribution >= 0.6 is 0 Å². The summed E-state index contributed by atoms with van der Waals surface area (Å²) in [5, 5.41) is 34.4. The number of carbonyl (C=O) groups is 1. The maximum atomic E-state index is 10.2. The van der Waals surface area contributed by atoms with E-state index in [0.717, 1.165) is 0 Å². The van der Waals surface area contributed by atoms with Gasteiger partial charge in [0.15, 0.2) is 12.3 Å². The van der Waals surface area contributed by atoms with E-state index in [-0.39, 0.29) is 37.5 Å². The normalized spacial score (nSPS) is 12.8. The van der Waals surface area contributed by atoms with Crippen LogP contribution in [0.15, 0.2) is 0 Å². The van der Waals surface area contributed by atoms with Crippen molar-refractivity contribution in [3.63, 3.8) is 0 Å². The first-order valence-electron chi connectivity index (χ1n) is 3.05. The van der Waals surface area contributed by atoms with Crippen molar-refractivity contribution in [2.45, 2.75) is 19.3 Å². The number of aliphatic carboxylic acids is 1. The van der Waals surface area contributed by atoms with Gasteiger partial charge in [-0.25, -0.2) is 0 Å². The number of rotatable bonds is 4. The van der Waals surface area contributed by atoms with Crippen LogP contribution in [0, 0.1) is 0 Å². The zero-order valence-corrected chi connectivity index (χ0v) is 9.01. The molecule has 0 rings (SSSR count). The van der Waals surface area contributed by atoms with Crippen molar-refractivity contribution in [2.24, 2.45) is 0 Å². The van der Waals surface area contributed by atoms with Gasteiger partial charge in [-0.2, -0.15) is 5.06 Å². The van der Waals surface area contributed by atoms with Gasteiger partial charge in [0.1, 0.15) is 0 Å². The van der Waals surface area contributed by atoms with Crippen LogP contribution in [0.5, 0.6) is 0 Å². The first-order chi connectivity index (χ1) is 5.00. The summed E-state index contributed by atoms with van der Waals surface area (Å²) in [5.74, 6) is -1.48. The van der Waals surface area contributed by atoms with E-state index in [1.54, 1.807) is 0 Å². The molecule has 0 unspecified atom stereocenters. The minimum Gasteiger partial charge on any atom is -1.00 e. The van der Waals surface area contributed by atoms with Crippen LogP contribution in [0.2, 0.25) is 0 Å². The Labute approximate surface area is 93.1 Å². The molecule has 0 aromatic rings. The molecule has 12 heavy (non-hydrogen) atoms. The number of carboxylic acids is 1. The summed E-state index contributed by atoms with van der Waals surface area (Å²) in [6, 6.07) is -1.68. The predicted molar refractivity (Wildman–Crippen MR) is 34.9 cm³/mol. The standard InChI is InChI=1S/C5H11NO5.Na.H/c1-2-6(11)3(4(7)8)5(9)10;;/h3-4,7-8,11H,2H2,1H3,(H,9,10);;/q;+1;-1/t3-;;/m0../s1. The van der Waals surface area contributed by atoms with E-state index >= 15 is 0 Å². The molecule has 0 spiro atoms. The SMILES string of the molecule is CCN(O)[C@H](C(=O)O)C(O)O.[H-].[Na+]. The number of carboxylic acid groups (broad SMARTS) is 1. The Kier molecular flexibility index (Phi) is 8.38. The van der Waals surface area contributed by atoms with Crippen molar-refractivity contribution in [2.75, 3.05) is 6.54 Å². The third-order valence-electron chi connectivity index (χ3n) is 1.18. The van der Waals surface area contributed by atoms with E-state index in [1.165, 1.54) is 6.92 Å². The van der Waals surface area contributed by atoms with Gasteiger partial charge in [-0.15, -0.1) is 0 Å². The van der Waals surface area contributed by atoms with Gasteiger partial charge < -0.3 is 22.0 Å². The van der Waals surface area contributed by atoms with E-state index in [4.69, 9.17) is 20.5 Å². The average Bonchev–Trinajstić information content (AvgIpc) is 1.85. The second kappa shape index (κ2) is 6.79. The van der Waals surface area contributed by atoms with Crippen LogP contribution in [0.4, 0.5) is 0 Å². The van der Waals surface area contributed by atoms with Gasteiger partial charge in [0.2, 0.25) is 0 Å². The molecule has 0 amide bonds. The predicted octanol–water partition coefficient (Wildman–Crippen LogP) is -4.42. The Morgan fingerprint density at radius 2 is 2.00 bits per heavy atom. The summed E-state index contributed by atoms with van der Waals surface area (Å²) in [6.07, 6.45) is -2.09. The zero-order valence-electron chi connectivity index (χ0n) is 8.01. The van der Waals surface area contributed by atoms with Crippen molar-refractivity contribution in [3.05, 3.63) is 0 Å². The minimum absolute atomic E-state index is 0. The Morgan fingerprint density at radius 3 is 2.08 bits per heavy atom. The van der Waals surface area contributed by atoms with E-state index in [2.05, 4.69) is 0 Å². The number of hydrogen-bond donors (Lipinski definition) is 4. The van der Waals surface area contributed by atoms with E-state index in [1.807, 2.05) is 0 Å². The van der Waals surface area contributed by atoms with Gasteiger partial charge in [0.05, 0.1) is 0 Å². The Morgan fingerprint density at radius 1 is 1.58 bits per heavy atom. The molecule has 0 saturated carbocycles. The molecule has 7 heteroatoms. The number of likely N-dealkylation sites (N-methyl/N-ethyl adjacent to an activating group) is 1. The molecule has 0 saturated heterocycles. The summed E-state index contributed by atoms with van der Waals surface area (Å²) < 4.78 is 0. The first-order valence-corrected chi connectivity index (χ1v) is 3.05. The molecule has 0 bridgehead atoms. The molecule has 0 aliphatic rings. The van der Waals surface area contributed by atoms with Gasteiger partial charge in [-0.3, -0.25) is 4.79 Å². The molecular weight excluding hydrogens is 177 g/mol. The molecule has 68 valence electrons. The molecule has 0 aliphatic heterocycles. The molecular formula is C5H12NNaO5. The second-order valence-corrected chi connectivity index (χ2v) is 1.95. The molecule has 1 atom stereocenters. The number of hydrogen-bond acceptors (Lipinski definition) is 5. The number of aliphatic hydroxyl groups excluding tert-OH is 1. The van der Waals surface area contributed by atoms with Gasteiger partial charge in [-0.1, -0.05) is 6.92 Å². The van der Waals surface area contributed by atoms with Crippen LogP contribution in [0.25, 0.3) is 0 Å². The molecule has 4 N–H and O–H groups in total. The van der Waals surface area contributed by atoms with E-state index < -0.39 is 18.3 Å². The van der Waals surface area contributed by atoms with E-state index in [0.29, 0.717) is 5.06 Å². The molecule has 0 heterocycles. The Hall–Kier alpha value is 0.310. The fourth-order valence-electron chi connectivity index (χ4n) is 0.606. The largest absolute Gasteiger partial charge is 1.00 e. The average molecular weight is 189 g/mol. The van der Waals surface area contributed by atoms with Gasteiger partial charge >= 0.3 is 35.5 Å². The van der Waals surface area contributed by atoms with Crippen LogP contribution < -0.4 is 29.6 Å². The summed E-state index contributed by atoms with van der Waals surface area (Å²) in [7, 11) is 0. The number of aliphatic hydroxyl groups is 2. The molecule has 0 aromatic heterocycles. The van der Waals surface area contributed by atoms with Crippen molar-refractivity contribution in [1.29, 1.82) is 0 Å². The molecule has 6 nitrogen and oxygen atoms in total. The maximum absolute atomic E-state index is 10.2. The third-order valence-corrected chi connectivity index (χ3v) is 1.18. The maximum Gasteiger partial charge on any atom is 1.00 e. The first kappa shape index (κ1) is 14.8.